The second-order valence-corrected chi connectivity index (χ2v) is 7.85. The Morgan fingerprint density at radius 2 is 1.95 bits per heavy atom. The largest absolute Gasteiger partial charge is 0.344 e. The van der Waals surface area contributed by atoms with Gasteiger partial charge in [-0.05, 0) is 49.9 Å². The van der Waals surface area contributed by atoms with Crippen LogP contribution >= 0.6 is 0 Å². The van der Waals surface area contributed by atoms with Crippen molar-refractivity contribution in [2.75, 3.05) is 0 Å². The molecule has 2 unspecified atom stereocenters. The third-order valence-corrected chi connectivity index (χ3v) is 5.52. The fourth-order valence-electron chi connectivity index (χ4n) is 3.59. The van der Waals surface area contributed by atoms with Crippen LogP contribution < -0.4 is 10.6 Å². The fourth-order valence-corrected chi connectivity index (χ4v) is 3.59. The Balaban J connectivity index is 1.58. The van der Waals surface area contributed by atoms with Crippen LogP contribution in [0.1, 0.15) is 58.8 Å². The molecule has 2 atom stereocenters. The van der Waals surface area contributed by atoms with E-state index in [0.717, 1.165) is 19.3 Å². The van der Waals surface area contributed by atoms with Gasteiger partial charge in [0.2, 0.25) is 11.8 Å². The molecule has 3 fully saturated rings. The number of rotatable bonds is 6. The van der Waals surface area contributed by atoms with Crippen LogP contribution in [-0.2, 0) is 9.59 Å². The van der Waals surface area contributed by atoms with E-state index in [1.807, 2.05) is 13.8 Å². The van der Waals surface area contributed by atoms with Gasteiger partial charge in [0.25, 0.3) is 0 Å². The first kappa shape index (κ1) is 15.3. The summed E-state index contributed by atoms with van der Waals surface area (Å²) in [6, 6.07) is 1.65. The normalized spacial score (nSPS) is 27.5. The number of carbonyl (C=O) groups is 2. The van der Waals surface area contributed by atoms with Crippen LogP contribution in [0.2, 0.25) is 0 Å². The minimum atomic E-state index is -0.675. The van der Waals surface area contributed by atoms with Gasteiger partial charge in [0.15, 0.2) is 0 Å². The SMILES string of the molecule is CC(C)CC(NC(=O)C1CC12CCC2)C(=O)NC1(C#N)CC1. The molecule has 0 radical (unpaired) electrons. The van der Waals surface area contributed by atoms with E-state index in [0.29, 0.717) is 25.2 Å². The third kappa shape index (κ3) is 2.84. The summed E-state index contributed by atoms with van der Waals surface area (Å²) in [5, 5.41) is 14.9. The smallest absolute Gasteiger partial charge is 0.243 e. The lowest BCUT2D eigenvalue weighted by atomic mass is 9.79. The molecule has 3 saturated carbocycles. The van der Waals surface area contributed by atoms with Gasteiger partial charge in [-0.1, -0.05) is 20.3 Å². The highest BCUT2D eigenvalue weighted by Crippen LogP contribution is 2.65. The standard InChI is InChI=1S/C17H25N3O2/c1-11(2)8-13(15(22)20-17(10-18)6-7-17)19-14(21)12-9-16(12)4-3-5-16/h11-13H,3-9H2,1-2H3,(H,19,21)(H,20,22). The Labute approximate surface area is 131 Å². The van der Waals surface area contributed by atoms with Crippen LogP contribution in [-0.4, -0.2) is 23.4 Å². The summed E-state index contributed by atoms with van der Waals surface area (Å²) in [4.78, 5) is 24.8. The minimum absolute atomic E-state index is 0.0299. The number of carbonyl (C=O) groups excluding carboxylic acids is 2. The summed E-state index contributed by atoms with van der Waals surface area (Å²) < 4.78 is 0. The summed E-state index contributed by atoms with van der Waals surface area (Å²) in [7, 11) is 0. The van der Waals surface area contributed by atoms with Crippen LogP contribution in [0.15, 0.2) is 0 Å². The predicted octanol–water partition coefficient (Wildman–Crippen LogP) is 1.88. The zero-order chi connectivity index (χ0) is 16.0. The molecule has 0 aromatic rings. The number of nitrogens with zero attached hydrogens (tertiary/aromatic N) is 1. The van der Waals surface area contributed by atoms with Gasteiger partial charge in [0.1, 0.15) is 11.6 Å². The van der Waals surface area contributed by atoms with E-state index in [1.165, 1.54) is 6.42 Å². The summed E-state index contributed by atoms with van der Waals surface area (Å²) in [6.45, 7) is 4.07. The lowest BCUT2D eigenvalue weighted by molar-refractivity contribution is -0.131. The second kappa shape index (κ2) is 5.26. The van der Waals surface area contributed by atoms with E-state index < -0.39 is 11.6 Å². The van der Waals surface area contributed by atoms with Crippen molar-refractivity contribution < 1.29 is 9.59 Å². The van der Waals surface area contributed by atoms with Crippen LogP contribution in [0.4, 0.5) is 0 Å². The molecule has 3 aliphatic rings. The van der Waals surface area contributed by atoms with Crippen LogP contribution in [0, 0.1) is 28.6 Å². The molecule has 22 heavy (non-hydrogen) atoms. The highest BCUT2D eigenvalue weighted by Gasteiger charge is 2.61. The molecule has 0 heterocycles. The lowest BCUT2D eigenvalue weighted by Gasteiger charge is -2.27. The Hall–Kier alpha value is -1.57. The molecule has 1 spiro atoms. The van der Waals surface area contributed by atoms with Gasteiger partial charge >= 0.3 is 0 Å². The van der Waals surface area contributed by atoms with Gasteiger partial charge in [-0.15, -0.1) is 0 Å². The average Bonchev–Trinajstić information content (AvgIpc) is 3.30. The van der Waals surface area contributed by atoms with E-state index >= 15 is 0 Å². The monoisotopic (exact) mass is 303 g/mol. The van der Waals surface area contributed by atoms with Crippen LogP contribution in [0.5, 0.6) is 0 Å². The zero-order valence-electron chi connectivity index (χ0n) is 13.4. The number of nitriles is 1. The molecular formula is C17H25N3O2. The minimum Gasteiger partial charge on any atom is -0.344 e. The Kier molecular flexibility index (Phi) is 3.66. The van der Waals surface area contributed by atoms with Gasteiger partial charge in [-0.25, -0.2) is 0 Å². The first-order valence-electron chi connectivity index (χ1n) is 8.43. The Morgan fingerprint density at radius 3 is 2.36 bits per heavy atom. The molecule has 3 aliphatic carbocycles. The fraction of sp³-hybridized carbons (Fsp3) is 0.824. The van der Waals surface area contributed by atoms with Gasteiger partial charge in [0, 0.05) is 5.92 Å². The summed E-state index contributed by atoms with van der Waals surface area (Å²) in [5.41, 5.74) is -0.404. The van der Waals surface area contributed by atoms with E-state index in [4.69, 9.17) is 5.26 Å². The quantitative estimate of drug-likeness (QED) is 0.786. The van der Waals surface area contributed by atoms with Gasteiger partial charge in [0.05, 0.1) is 6.07 Å². The van der Waals surface area contributed by atoms with Crippen molar-refractivity contribution in [3.05, 3.63) is 0 Å². The molecule has 0 bridgehead atoms. The van der Waals surface area contributed by atoms with Crippen molar-refractivity contribution in [1.29, 1.82) is 5.26 Å². The van der Waals surface area contributed by atoms with Crippen molar-refractivity contribution in [3.63, 3.8) is 0 Å². The van der Waals surface area contributed by atoms with E-state index in [-0.39, 0.29) is 23.1 Å². The molecule has 2 amide bonds. The maximum Gasteiger partial charge on any atom is 0.243 e. The van der Waals surface area contributed by atoms with Crippen molar-refractivity contribution in [3.8, 4) is 6.07 Å². The molecule has 5 heteroatoms. The van der Waals surface area contributed by atoms with Gasteiger partial charge in [-0.3, -0.25) is 9.59 Å². The molecule has 0 aromatic heterocycles. The van der Waals surface area contributed by atoms with E-state index in [2.05, 4.69) is 16.7 Å². The summed E-state index contributed by atoms with van der Waals surface area (Å²) >= 11 is 0. The molecule has 2 N–H and O–H groups in total. The zero-order valence-corrected chi connectivity index (χ0v) is 13.4. The van der Waals surface area contributed by atoms with Crippen molar-refractivity contribution in [2.24, 2.45) is 17.3 Å². The molecule has 0 saturated heterocycles. The van der Waals surface area contributed by atoms with Crippen molar-refractivity contribution >= 4 is 11.8 Å². The van der Waals surface area contributed by atoms with Crippen LogP contribution in [0.3, 0.4) is 0 Å². The summed E-state index contributed by atoms with van der Waals surface area (Å²) in [5.74, 6) is 0.242. The summed E-state index contributed by atoms with van der Waals surface area (Å²) in [6.07, 6.45) is 6.56. The highest BCUT2D eigenvalue weighted by atomic mass is 16.2. The Bertz CT molecular complexity index is 527. The van der Waals surface area contributed by atoms with Gasteiger partial charge < -0.3 is 10.6 Å². The average molecular weight is 303 g/mol. The number of amides is 2. The second-order valence-electron chi connectivity index (χ2n) is 7.85. The molecule has 5 nitrogen and oxygen atoms in total. The third-order valence-electron chi connectivity index (χ3n) is 5.52. The van der Waals surface area contributed by atoms with E-state index in [9.17, 15) is 9.59 Å². The van der Waals surface area contributed by atoms with Gasteiger partial charge in [-0.2, -0.15) is 5.26 Å². The molecule has 0 aliphatic heterocycles. The highest BCUT2D eigenvalue weighted by molar-refractivity contribution is 5.90. The maximum absolute atomic E-state index is 12.4. The molecule has 3 rings (SSSR count). The van der Waals surface area contributed by atoms with Crippen molar-refractivity contribution in [2.45, 2.75) is 70.4 Å². The number of nitrogens with one attached hydrogen (secondary N) is 2. The first-order chi connectivity index (χ1) is 10.4. The molecule has 120 valence electrons. The molecule has 0 aromatic carbocycles. The topological polar surface area (TPSA) is 82.0 Å². The van der Waals surface area contributed by atoms with Crippen LogP contribution in [0.25, 0.3) is 0 Å². The van der Waals surface area contributed by atoms with Crippen molar-refractivity contribution in [1.82, 2.24) is 10.6 Å². The first-order valence-corrected chi connectivity index (χ1v) is 8.43. The van der Waals surface area contributed by atoms with E-state index in [1.54, 1.807) is 0 Å². The molecular weight excluding hydrogens is 278 g/mol. The number of hydrogen-bond donors (Lipinski definition) is 2. The maximum atomic E-state index is 12.4. The Morgan fingerprint density at radius 1 is 1.27 bits per heavy atom. The number of hydrogen-bond acceptors (Lipinski definition) is 3. The predicted molar refractivity (Wildman–Crippen MR) is 81.5 cm³/mol. The lowest BCUT2D eigenvalue weighted by Crippen LogP contribution is -2.51.